The lowest BCUT2D eigenvalue weighted by Gasteiger charge is -2.37. The number of hydrogen-bond acceptors (Lipinski definition) is 3. The Bertz CT molecular complexity index is 706. The molecule has 1 aromatic carbocycles. The van der Waals surface area contributed by atoms with Crippen LogP contribution in [0.1, 0.15) is 38.7 Å². The lowest BCUT2D eigenvalue weighted by atomic mass is 9.77. The van der Waals surface area contributed by atoms with Crippen LogP contribution < -0.4 is 9.62 Å². The second-order valence-corrected chi connectivity index (χ2v) is 8.30. The van der Waals surface area contributed by atoms with E-state index in [1.165, 1.54) is 0 Å². The smallest absolute Gasteiger partial charge is 0.240 e. The molecule has 0 spiro atoms. The van der Waals surface area contributed by atoms with Crippen LogP contribution in [0.25, 0.3) is 0 Å². The maximum absolute atomic E-state index is 12.3. The summed E-state index contributed by atoms with van der Waals surface area (Å²) in [7, 11) is -1.74. The molecular formula is C15H20N2O3S. The Balaban J connectivity index is 2.06. The number of sulfonamides is 1. The van der Waals surface area contributed by atoms with E-state index in [4.69, 9.17) is 0 Å². The second kappa shape index (κ2) is 4.55. The van der Waals surface area contributed by atoms with Gasteiger partial charge in [-0.05, 0) is 36.6 Å². The van der Waals surface area contributed by atoms with E-state index in [0.717, 1.165) is 24.1 Å². The maximum Gasteiger partial charge on any atom is 0.240 e. The van der Waals surface area contributed by atoms with E-state index >= 15 is 0 Å². The minimum absolute atomic E-state index is 0.0548. The molecule has 5 nitrogen and oxygen atoms in total. The summed E-state index contributed by atoms with van der Waals surface area (Å²) >= 11 is 0. The van der Waals surface area contributed by atoms with Crippen LogP contribution in [0.2, 0.25) is 0 Å². The first-order valence-corrected chi connectivity index (χ1v) is 8.62. The minimum Gasteiger partial charge on any atom is -0.315 e. The normalized spacial score (nSPS) is 21.3. The molecule has 2 aliphatic rings. The number of hydrogen-bond donors (Lipinski definition) is 1. The number of carbonyl (C=O) groups excluding carboxylic acids is 1. The molecule has 0 unspecified atom stereocenters. The van der Waals surface area contributed by atoms with E-state index in [1.54, 1.807) is 30.1 Å². The molecule has 0 saturated heterocycles. The molecule has 1 aliphatic carbocycles. The average Bonchev–Trinajstić information content (AvgIpc) is 3.18. The molecule has 6 heteroatoms. The fourth-order valence-corrected chi connectivity index (χ4v) is 4.06. The number of rotatable bonds is 3. The van der Waals surface area contributed by atoms with Gasteiger partial charge in [0.05, 0.1) is 4.90 Å². The summed E-state index contributed by atoms with van der Waals surface area (Å²) in [4.78, 5) is 13.9. The Hall–Kier alpha value is -1.40. The number of fused-ring (bicyclic) bond motifs is 1. The molecule has 0 atom stereocenters. The van der Waals surface area contributed by atoms with Crippen LogP contribution in [0, 0.1) is 0 Å². The molecule has 0 aromatic heterocycles. The first kappa shape index (κ1) is 14.5. The van der Waals surface area contributed by atoms with Crippen molar-refractivity contribution in [2.75, 3.05) is 11.9 Å². The van der Waals surface area contributed by atoms with Gasteiger partial charge in [-0.15, -0.1) is 0 Å². The summed E-state index contributed by atoms with van der Waals surface area (Å²) in [5.74, 6) is 0.0548. The summed E-state index contributed by atoms with van der Waals surface area (Å²) in [5, 5.41) is 0. The lowest BCUT2D eigenvalue weighted by molar-refractivity contribution is -0.119. The zero-order chi connectivity index (χ0) is 15.4. The van der Waals surface area contributed by atoms with Gasteiger partial charge in [-0.1, -0.05) is 13.8 Å². The van der Waals surface area contributed by atoms with Gasteiger partial charge in [-0.3, -0.25) is 4.79 Å². The van der Waals surface area contributed by atoms with Gasteiger partial charge in [-0.2, -0.15) is 0 Å². The van der Waals surface area contributed by atoms with E-state index in [0.29, 0.717) is 6.42 Å². The van der Waals surface area contributed by atoms with Crippen LogP contribution in [0.3, 0.4) is 0 Å². The van der Waals surface area contributed by atoms with Crippen LogP contribution in [0.4, 0.5) is 5.69 Å². The zero-order valence-corrected chi connectivity index (χ0v) is 13.3. The largest absolute Gasteiger partial charge is 0.315 e. The highest BCUT2D eigenvalue weighted by atomic mass is 32.2. The van der Waals surface area contributed by atoms with Gasteiger partial charge in [-0.25, -0.2) is 13.1 Å². The third-order valence-electron chi connectivity index (χ3n) is 4.24. The number of benzene rings is 1. The van der Waals surface area contributed by atoms with Crippen molar-refractivity contribution in [3.63, 3.8) is 0 Å². The molecular weight excluding hydrogens is 288 g/mol. The Morgan fingerprint density at radius 3 is 2.57 bits per heavy atom. The highest BCUT2D eigenvalue weighted by molar-refractivity contribution is 7.89. The van der Waals surface area contributed by atoms with Crippen molar-refractivity contribution in [3.05, 3.63) is 23.8 Å². The highest BCUT2D eigenvalue weighted by Gasteiger charge is 2.36. The Morgan fingerprint density at radius 2 is 1.95 bits per heavy atom. The van der Waals surface area contributed by atoms with E-state index in [9.17, 15) is 13.2 Å². The number of anilines is 1. The van der Waals surface area contributed by atoms with Crippen LogP contribution in [-0.2, 0) is 20.2 Å². The minimum atomic E-state index is -3.47. The van der Waals surface area contributed by atoms with E-state index < -0.39 is 10.0 Å². The van der Waals surface area contributed by atoms with Crippen LogP contribution >= 0.6 is 0 Å². The molecule has 1 amide bonds. The third kappa shape index (κ3) is 2.58. The van der Waals surface area contributed by atoms with Crippen molar-refractivity contribution in [3.8, 4) is 0 Å². The molecule has 1 aromatic rings. The molecule has 3 rings (SSSR count). The number of carbonyl (C=O) groups is 1. The molecule has 1 fully saturated rings. The van der Waals surface area contributed by atoms with Crippen molar-refractivity contribution >= 4 is 21.6 Å². The number of amides is 1. The third-order valence-corrected chi connectivity index (χ3v) is 5.75. The first-order valence-electron chi connectivity index (χ1n) is 7.14. The predicted molar refractivity (Wildman–Crippen MR) is 80.8 cm³/mol. The highest BCUT2D eigenvalue weighted by Crippen LogP contribution is 2.40. The quantitative estimate of drug-likeness (QED) is 0.925. The predicted octanol–water partition coefficient (Wildman–Crippen LogP) is 1.77. The topological polar surface area (TPSA) is 66.5 Å². The fraction of sp³-hybridized carbons (Fsp3) is 0.533. The SMILES string of the molecule is CN1C(=O)CC(C)(C)c2cc(S(=O)(=O)NC3CC3)ccc21. The second-order valence-electron chi connectivity index (χ2n) is 6.59. The van der Waals surface area contributed by atoms with Gasteiger partial charge < -0.3 is 4.90 Å². The Labute approximate surface area is 125 Å². The van der Waals surface area contributed by atoms with E-state index in [1.807, 2.05) is 13.8 Å². The van der Waals surface area contributed by atoms with E-state index in [2.05, 4.69) is 4.72 Å². The zero-order valence-electron chi connectivity index (χ0n) is 12.5. The average molecular weight is 308 g/mol. The molecule has 21 heavy (non-hydrogen) atoms. The van der Waals surface area contributed by atoms with Gasteiger partial charge >= 0.3 is 0 Å². The van der Waals surface area contributed by atoms with Crippen molar-refractivity contribution in [1.29, 1.82) is 0 Å². The van der Waals surface area contributed by atoms with Gasteiger partial charge in [0.15, 0.2) is 0 Å². The molecule has 0 bridgehead atoms. The molecule has 114 valence electrons. The monoisotopic (exact) mass is 308 g/mol. The summed E-state index contributed by atoms with van der Waals surface area (Å²) in [6.07, 6.45) is 2.20. The standard InChI is InChI=1S/C15H20N2O3S/c1-15(2)9-14(18)17(3)13-7-6-11(8-12(13)15)21(19,20)16-10-4-5-10/h6-8,10,16H,4-5,9H2,1-3H3. The van der Waals surface area contributed by atoms with E-state index in [-0.39, 0.29) is 22.3 Å². The van der Waals surface area contributed by atoms with Crippen LogP contribution in [-0.4, -0.2) is 27.4 Å². The lowest BCUT2D eigenvalue weighted by Crippen LogP contribution is -2.39. The maximum atomic E-state index is 12.3. The molecule has 0 radical (unpaired) electrons. The van der Waals surface area contributed by atoms with Gasteiger partial charge in [0, 0.05) is 30.6 Å². The summed E-state index contributed by atoms with van der Waals surface area (Å²) in [6.45, 7) is 3.95. The summed E-state index contributed by atoms with van der Waals surface area (Å²) < 4.78 is 27.4. The van der Waals surface area contributed by atoms with Crippen LogP contribution in [0.15, 0.2) is 23.1 Å². The molecule has 1 aliphatic heterocycles. The number of nitrogens with zero attached hydrogens (tertiary/aromatic N) is 1. The first-order chi connectivity index (χ1) is 9.71. The molecule has 1 heterocycles. The van der Waals surface area contributed by atoms with Crippen molar-refractivity contribution in [2.24, 2.45) is 0 Å². The van der Waals surface area contributed by atoms with Crippen LogP contribution in [0.5, 0.6) is 0 Å². The summed E-state index contributed by atoms with van der Waals surface area (Å²) in [6, 6.07) is 5.11. The Kier molecular flexibility index (Phi) is 3.15. The van der Waals surface area contributed by atoms with Gasteiger partial charge in [0.2, 0.25) is 15.9 Å². The fourth-order valence-electron chi connectivity index (χ4n) is 2.73. The van der Waals surface area contributed by atoms with Gasteiger partial charge in [0.25, 0.3) is 0 Å². The van der Waals surface area contributed by atoms with Gasteiger partial charge in [0.1, 0.15) is 0 Å². The number of nitrogens with one attached hydrogen (secondary N) is 1. The molecule has 1 saturated carbocycles. The Morgan fingerprint density at radius 1 is 1.29 bits per heavy atom. The van der Waals surface area contributed by atoms with Crippen molar-refractivity contribution in [2.45, 2.75) is 49.5 Å². The summed E-state index contributed by atoms with van der Waals surface area (Å²) in [5.41, 5.74) is 1.34. The molecule has 1 N–H and O–H groups in total. The van der Waals surface area contributed by atoms with Crippen molar-refractivity contribution in [1.82, 2.24) is 4.72 Å². The van der Waals surface area contributed by atoms with Crippen molar-refractivity contribution < 1.29 is 13.2 Å².